The first kappa shape index (κ1) is 14.6. The van der Waals surface area contributed by atoms with Gasteiger partial charge in [0, 0.05) is 24.2 Å². The van der Waals surface area contributed by atoms with Gasteiger partial charge in [0.1, 0.15) is 5.82 Å². The molecule has 0 heterocycles. The van der Waals surface area contributed by atoms with E-state index in [1.54, 1.807) is 12.1 Å². The van der Waals surface area contributed by atoms with Gasteiger partial charge in [0.25, 0.3) is 0 Å². The van der Waals surface area contributed by atoms with Crippen molar-refractivity contribution in [2.75, 3.05) is 0 Å². The zero-order chi connectivity index (χ0) is 14.7. The van der Waals surface area contributed by atoms with E-state index in [2.05, 4.69) is 5.32 Å². The van der Waals surface area contributed by atoms with Crippen molar-refractivity contribution in [2.24, 2.45) is 0 Å². The predicted molar refractivity (Wildman–Crippen MR) is 73.7 cm³/mol. The van der Waals surface area contributed by atoms with Crippen molar-refractivity contribution in [3.63, 3.8) is 0 Å². The number of benzene rings is 2. The Labute approximate surface area is 116 Å². The van der Waals surface area contributed by atoms with Crippen LogP contribution in [0.4, 0.5) is 13.2 Å². The fourth-order valence-corrected chi connectivity index (χ4v) is 1.98. The van der Waals surface area contributed by atoms with Crippen LogP contribution < -0.4 is 5.32 Å². The summed E-state index contributed by atoms with van der Waals surface area (Å²) in [5.41, 5.74) is 1.48. The molecular weight excluding hydrogens is 263 g/mol. The van der Waals surface area contributed by atoms with Crippen molar-refractivity contribution in [3.8, 4) is 11.1 Å². The highest BCUT2D eigenvalue weighted by molar-refractivity contribution is 5.68. The lowest BCUT2D eigenvalue weighted by atomic mass is 9.98. The normalized spacial score (nSPS) is 11.1. The molecule has 0 fully saturated rings. The molecule has 2 aromatic rings. The van der Waals surface area contributed by atoms with Crippen LogP contribution in [0.3, 0.4) is 0 Å². The zero-order valence-electron chi connectivity index (χ0n) is 11.4. The Kier molecular flexibility index (Phi) is 4.45. The van der Waals surface area contributed by atoms with Crippen molar-refractivity contribution in [1.29, 1.82) is 0 Å². The first-order valence-electron chi connectivity index (χ1n) is 6.45. The van der Waals surface area contributed by atoms with Gasteiger partial charge in [-0.15, -0.1) is 0 Å². The van der Waals surface area contributed by atoms with Gasteiger partial charge >= 0.3 is 0 Å². The fourth-order valence-electron chi connectivity index (χ4n) is 1.98. The summed E-state index contributed by atoms with van der Waals surface area (Å²) in [5, 5.41) is 3.23. The third kappa shape index (κ3) is 3.20. The number of hydrogen-bond acceptors (Lipinski definition) is 1. The lowest BCUT2D eigenvalue weighted by Gasteiger charge is -2.13. The number of halogens is 3. The van der Waals surface area contributed by atoms with E-state index in [1.165, 1.54) is 0 Å². The molecule has 0 spiro atoms. The second-order valence-corrected chi connectivity index (χ2v) is 4.94. The van der Waals surface area contributed by atoms with E-state index in [-0.39, 0.29) is 11.6 Å². The first-order valence-corrected chi connectivity index (χ1v) is 6.45. The molecule has 2 rings (SSSR count). The highest BCUT2D eigenvalue weighted by Crippen LogP contribution is 2.28. The van der Waals surface area contributed by atoms with E-state index in [0.29, 0.717) is 18.2 Å². The Bertz CT molecular complexity index is 609. The molecule has 0 aliphatic heterocycles. The Morgan fingerprint density at radius 1 is 0.900 bits per heavy atom. The third-order valence-corrected chi connectivity index (χ3v) is 3.02. The molecule has 0 aliphatic rings. The minimum absolute atomic E-state index is 0.0741. The molecule has 0 saturated heterocycles. The number of rotatable bonds is 4. The van der Waals surface area contributed by atoms with Gasteiger partial charge in [0.05, 0.1) is 0 Å². The fraction of sp³-hybridized carbons (Fsp3) is 0.250. The van der Waals surface area contributed by atoms with Crippen molar-refractivity contribution in [1.82, 2.24) is 5.32 Å². The molecule has 0 saturated carbocycles. The second-order valence-electron chi connectivity index (χ2n) is 4.94. The van der Waals surface area contributed by atoms with Crippen LogP contribution in [-0.4, -0.2) is 6.04 Å². The minimum Gasteiger partial charge on any atom is -0.310 e. The van der Waals surface area contributed by atoms with E-state index in [4.69, 9.17) is 0 Å². The summed E-state index contributed by atoms with van der Waals surface area (Å²) in [7, 11) is 0. The van der Waals surface area contributed by atoms with Gasteiger partial charge < -0.3 is 5.32 Å². The van der Waals surface area contributed by atoms with E-state index in [9.17, 15) is 13.2 Å². The Morgan fingerprint density at radius 2 is 1.55 bits per heavy atom. The van der Waals surface area contributed by atoms with Crippen LogP contribution in [-0.2, 0) is 6.54 Å². The maximum atomic E-state index is 13.9. The standard InChI is InChI=1S/C16H16F3N/c1-10(2)20-9-11-5-3-4-6-12(11)13-7-15(18)16(19)8-14(13)17/h3-8,10,20H,9H2,1-2H3. The van der Waals surface area contributed by atoms with Crippen LogP contribution in [0.15, 0.2) is 36.4 Å². The van der Waals surface area contributed by atoms with Crippen LogP contribution in [0.5, 0.6) is 0 Å². The maximum Gasteiger partial charge on any atom is 0.161 e. The van der Waals surface area contributed by atoms with Crippen LogP contribution in [0.2, 0.25) is 0 Å². The minimum atomic E-state index is -1.18. The quantitative estimate of drug-likeness (QED) is 0.824. The topological polar surface area (TPSA) is 12.0 Å². The average Bonchev–Trinajstić information content (AvgIpc) is 2.41. The molecule has 0 atom stereocenters. The maximum absolute atomic E-state index is 13.9. The molecule has 20 heavy (non-hydrogen) atoms. The van der Waals surface area contributed by atoms with E-state index < -0.39 is 17.5 Å². The molecule has 1 nitrogen and oxygen atoms in total. The van der Waals surface area contributed by atoms with E-state index in [0.717, 1.165) is 11.6 Å². The summed E-state index contributed by atoms with van der Waals surface area (Å²) in [4.78, 5) is 0. The summed E-state index contributed by atoms with van der Waals surface area (Å²) in [6, 6.07) is 8.88. The van der Waals surface area contributed by atoms with Crippen molar-refractivity contribution in [3.05, 3.63) is 59.4 Å². The monoisotopic (exact) mass is 279 g/mol. The highest BCUT2D eigenvalue weighted by Gasteiger charge is 2.14. The van der Waals surface area contributed by atoms with Crippen LogP contribution in [0.1, 0.15) is 19.4 Å². The molecule has 0 aliphatic carbocycles. The van der Waals surface area contributed by atoms with Gasteiger partial charge in [0.2, 0.25) is 0 Å². The van der Waals surface area contributed by atoms with Gasteiger partial charge in [-0.2, -0.15) is 0 Å². The van der Waals surface area contributed by atoms with Gasteiger partial charge in [-0.25, -0.2) is 13.2 Å². The number of hydrogen-bond donors (Lipinski definition) is 1. The van der Waals surface area contributed by atoms with Crippen molar-refractivity contribution in [2.45, 2.75) is 26.4 Å². The molecule has 0 radical (unpaired) electrons. The van der Waals surface area contributed by atoms with Gasteiger partial charge in [0.15, 0.2) is 11.6 Å². The van der Waals surface area contributed by atoms with E-state index >= 15 is 0 Å². The average molecular weight is 279 g/mol. The lowest BCUT2D eigenvalue weighted by molar-refractivity contribution is 0.496. The molecule has 0 amide bonds. The lowest BCUT2D eigenvalue weighted by Crippen LogP contribution is -2.22. The van der Waals surface area contributed by atoms with Crippen molar-refractivity contribution < 1.29 is 13.2 Å². The van der Waals surface area contributed by atoms with Gasteiger partial charge in [-0.3, -0.25) is 0 Å². The SMILES string of the molecule is CC(C)NCc1ccccc1-c1cc(F)c(F)cc1F. The zero-order valence-corrected chi connectivity index (χ0v) is 11.4. The van der Waals surface area contributed by atoms with Crippen LogP contribution >= 0.6 is 0 Å². The third-order valence-electron chi connectivity index (χ3n) is 3.02. The summed E-state index contributed by atoms with van der Waals surface area (Å²) < 4.78 is 40.2. The molecular formula is C16H16F3N. The molecule has 2 aromatic carbocycles. The van der Waals surface area contributed by atoms with Crippen LogP contribution in [0.25, 0.3) is 11.1 Å². The Hall–Kier alpha value is -1.81. The largest absolute Gasteiger partial charge is 0.310 e. The Morgan fingerprint density at radius 3 is 2.25 bits per heavy atom. The van der Waals surface area contributed by atoms with Gasteiger partial charge in [-0.05, 0) is 17.2 Å². The predicted octanol–water partition coefficient (Wildman–Crippen LogP) is 4.27. The van der Waals surface area contributed by atoms with Gasteiger partial charge in [-0.1, -0.05) is 38.1 Å². The van der Waals surface area contributed by atoms with E-state index in [1.807, 2.05) is 26.0 Å². The summed E-state index contributed by atoms with van der Waals surface area (Å²) in [6.07, 6.45) is 0. The Balaban J connectivity index is 2.45. The smallest absolute Gasteiger partial charge is 0.161 e. The van der Waals surface area contributed by atoms with Crippen LogP contribution in [0, 0.1) is 17.5 Å². The number of nitrogens with one attached hydrogen (secondary N) is 1. The summed E-state index contributed by atoms with van der Waals surface area (Å²) in [5.74, 6) is -2.99. The summed E-state index contributed by atoms with van der Waals surface area (Å²) >= 11 is 0. The molecule has 0 unspecified atom stereocenters. The molecule has 4 heteroatoms. The second kappa shape index (κ2) is 6.09. The summed E-state index contributed by atoms with van der Waals surface area (Å²) in [6.45, 7) is 4.54. The van der Waals surface area contributed by atoms with Crippen molar-refractivity contribution >= 4 is 0 Å². The molecule has 106 valence electrons. The highest BCUT2D eigenvalue weighted by atomic mass is 19.2. The molecule has 0 bridgehead atoms. The molecule has 1 N–H and O–H groups in total. The first-order chi connectivity index (χ1) is 9.49. The molecule has 0 aromatic heterocycles.